The Balaban J connectivity index is 3.11. The molecule has 0 N–H and O–H groups in total. The highest BCUT2D eigenvalue weighted by Crippen LogP contribution is 2.31. The molecule has 0 heterocycles. The van der Waals surface area contributed by atoms with Crippen molar-refractivity contribution in [2.45, 2.75) is 19.8 Å². The highest BCUT2D eigenvalue weighted by atomic mass is 127. The first-order chi connectivity index (χ1) is 7.49. The summed E-state index contributed by atoms with van der Waals surface area (Å²) in [5.41, 5.74) is 0.367. The smallest absolute Gasteiger partial charge is 0.346 e. The maximum Gasteiger partial charge on any atom is 0.346 e. The van der Waals surface area contributed by atoms with Crippen LogP contribution in [0.1, 0.15) is 19.8 Å². The molecule has 0 aliphatic heterocycles. The SMILES string of the molecule is CCCC[N+](C)([O-])c1ccccc1I(=O)=O. The van der Waals surface area contributed by atoms with Gasteiger partial charge in [-0.25, -0.2) is 6.14 Å². The third kappa shape index (κ3) is 3.23. The zero-order valence-corrected chi connectivity index (χ0v) is 11.6. The predicted molar refractivity (Wildman–Crippen MR) is 71.4 cm³/mol. The lowest BCUT2D eigenvalue weighted by Crippen LogP contribution is -2.39. The van der Waals surface area contributed by atoms with Crippen LogP contribution in [0.4, 0.5) is 5.69 Å². The van der Waals surface area contributed by atoms with Gasteiger partial charge in [0.15, 0.2) is 5.69 Å². The molecule has 16 heavy (non-hydrogen) atoms. The summed E-state index contributed by atoms with van der Waals surface area (Å²) in [4.78, 5) is 0. The second-order valence-electron chi connectivity index (χ2n) is 3.85. The molecule has 0 bridgehead atoms. The van der Waals surface area contributed by atoms with Gasteiger partial charge in [0.25, 0.3) is 0 Å². The average molecular weight is 337 g/mol. The highest BCUT2D eigenvalue weighted by molar-refractivity contribution is 14.2. The molecule has 0 aromatic heterocycles. The zero-order valence-electron chi connectivity index (χ0n) is 9.48. The quantitative estimate of drug-likeness (QED) is 0.471. The van der Waals surface area contributed by atoms with Crippen molar-refractivity contribution < 1.29 is 6.14 Å². The van der Waals surface area contributed by atoms with Gasteiger partial charge in [0.05, 0.1) is 13.6 Å². The van der Waals surface area contributed by atoms with E-state index in [0.717, 1.165) is 12.8 Å². The maximum atomic E-state index is 12.3. The fraction of sp³-hybridized carbons (Fsp3) is 0.455. The molecule has 0 aliphatic rings. The van der Waals surface area contributed by atoms with Gasteiger partial charge in [0.1, 0.15) is 3.57 Å². The topological polar surface area (TPSA) is 57.2 Å². The minimum Gasteiger partial charge on any atom is -0.627 e. The van der Waals surface area contributed by atoms with Crippen molar-refractivity contribution in [2.75, 3.05) is 13.6 Å². The van der Waals surface area contributed by atoms with Gasteiger partial charge < -0.3 is 9.85 Å². The molecule has 0 aliphatic carbocycles. The molecular formula is C11H16INO3. The van der Waals surface area contributed by atoms with Gasteiger partial charge in [-0.2, -0.15) is 0 Å². The Morgan fingerprint density at radius 3 is 2.50 bits per heavy atom. The summed E-state index contributed by atoms with van der Waals surface area (Å²) in [7, 11) is 1.51. The second kappa shape index (κ2) is 5.70. The standard InChI is InChI=1S/C11H16INO3/c1-3-4-9-13(2,16)11-8-6-5-7-10(11)12(14)15/h5-8H,3-4,9H2,1-2H3. The Morgan fingerprint density at radius 2 is 1.94 bits per heavy atom. The number of quaternary nitrogens is 1. The molecule has 90 valence electrons. The minimum absolute atomic E-state index is 0.223. The number of hydrogen-bond acceptors (Lipinski definition) is 3. The summed E-state index contributed by atoms with van der Waals surface area (Å²) in [5.74, 6) is 0. The van der Waals surface area contributed by atoms with Crippen LogP contribution in [0, 0.1) is 8.78 Å². The number of hydroxylamine groups is 2. The van der Waals surface area contributed by atoms with Crippen LogP contribution in [-0.2, 0) is 6.14 Å². The van der Waals surface area contributed by atoms with Crippen LogP contribution in [0.15, 0.2) is 24.3 Å². The lowest BCUT2D eigenvalue weighted by Gasteiger charge is -2.38. The van der Waals surface area contributed by atoms with Gasteiger partial charge in [-0.3, -0.25) is 0 Å². The van der Waals surface area contributed by atoms with Crippen molar-refractivity contribution in [3.05, 3.63) is 33.0 Å². The van der Waals surface area contributed by atoms with Gasteiger partial charge >= 0.3 is 19.8 Å². The molecule has 1 atom stereocenters. The summed E-state index contributed by atoms with van der Waals surface area (Å²) < 4.78 is 21.9. The van der Waals surface area contributed by atoms with Gasteiger partial charge in [-0.1, -0.05) is 25.5 Å². The molecule has 0 fully saturated rings. The molecule has 0 saturated heterocycles. The predicted octanol–water partition coefficient (Wildman–Crippen LogP) is 3.29. The average Bonchev–Trinajstić information content (AvgIpc) is 2.26. The maximum absolute atomic E-state index is 12.3. The first kappa shape index (κ1) is 13.5. The van der Waals surface area contributed by atoms with Crippen LogP contribution < -0.4 is 4.65 Å². The van der Waals surface area contributed by atoms with E-state index in [-0.39, 0.29) is 3.57 Å². The molecule has 5 heteroatoms. The number of halogens is 1. The van der Waals surface area contributed by atoms with Crippen molar-refractivity contribution in [3.8, 4) is 0 Å². The van der Waals surface area contributed by atoms with E-state index in [2.05, 4.69) is 0 Å². The Labute approximate surface area is 103 Å². The monoisotopic (exact) mass is 337 g/mol. The second-order valence-corrected chi connectivity index (χ2v) is 6.25. The van der Waals surface area contributed by atoms with Crippen LogP contribution in [0.2, 0.25) is 0 Å². The third-order valence-electron chi connectivity index (χ3n) is 2.47. The Kier molecular flexibility index (Phi) is 4.82. The molecule has 0 spiro atoms. The minimum atomic E-state index is -3.59. The van der Waals surface area contributed by atoms with E-state index < -0.39 is 24.4 Å². The lowest BCUT2D eigenvalue weighted by atomic mass is 10.2. The normalized spacial score (nSPS) is 15.0. The molecule has 0 radical (unpaired) electrons. The molecule has 1 aromatic carbocycles. The van der Waals surface area contributed by atoms with E-state index in [1.807, 2.05) is 6.92 Å². The summed E-state index contributed by atoms with van der Waals surface area (Å²) >= 11 is -3.59. The lowest BCUT2D eigenvalue weighted by molar-refractivity contribution is 0.430. The van der Waals surface area contributed by atoms with Crippen molar-refractivity contribution in [3.63, 3.8) is 0 Å². The molecule has 4 nitrogen and oxygen atoms in total. The largest absolute Gasteiger partial charge is 0.627 e. The van der Waals surface area contributed by atoms with E-state index >= 15 is 0 Å². The summed E-state index contributed by atoms with van der Waals surface area (Å²) in [6, 6.07) is 6.48. The Morgan fingerprint density at radius 1 is 1.31 bits per heavy atom. The van der Waals surface area contributed by atoms with Gasteiger partial charge in [0, 0.05) is 6.07 Å². The summed E-state index contributed by atoms with van der Waals surface area (Å²) in [6.07, 6.45) is 1.72. The van der Waals surface area contributed by atoms with Crippen molar-refractivity contribution in [1.82, 2.24) is 4.65 Å². The first-order valence-corrected chi connectivity index (χ1v) is 8.04. The first-order valence-electron chi connectivity index (χ1n) is 5.20. The number of para-hydroxylation sites is 1. The van der Waals surface area contributed by atoms with Crippen LogP contribution in [-0.4, -0.2) is 13.6 Å². The van der Waals surface area contributed by atoms with E-state index in [4.69, 9.17) is 0 Å². The fourth-order valence-electron chi connectivity index (χ4n) is 1.55. The van der Waals surface area contributed by atoms with Crippen LogP contribution in [0.3, 0.4) is 0 Å². The third-order valence-corrected chi connectivity index (χ3v) is 4.33. The van der Waals surface area contributed by atoms with E-state index in [1.54, 1.807) is 18.2 Å². The van der Waals surface area contributed by atoms with E-state index in [1.165, 1.54) is 13.1 Å². The van der Waals surface area contributed by atoms with Crippen molar-refractivity contribution in [2.24, 2.45) is 0 Å². The van der Waals surface area contributed by atoms with Crippen LogP contribution in [0.5, 0.6) is 0 Å². The highest BCUT2D eigenvalue weighted by Gasteiger charge is 2.20. The summed E-state index contributed by atoms with van der Waals surface area (Å²) in [6.45, 7) is 2.42. The van der Waals surface area contributed by atoms with Crippen LogP contribution in [0.25, 0.3) is 0 Å². The number of benzene rings is 1. The molecule has 0 saturated carbocycles. The molecule has 1 unspecified atom stereocenters. The van der Waals surface area contributed by atoms with Gasteiger partial charge in [0.2, 0.25) is 0 Å². The molecule has 0 amide bonds. The molecule has 1 rings (SSSR count). The molecular weight excluding hydrogens is 321 g/mol. The number of unbranched alkanes of at least 4 members (excludes halogenated alkanes) is 1. The number of rotatable bonds is 5. The van der Waals surface area contributed by atoms with Crippen molar-refractivity contribution in [1.29, 1.82) is 0 Å². The van der Waals surface area contributed by atoms with Crippen molar-refractivity contribution >= 4 is 25.5 Å². The van der Waals surface area contributed by atoms with Gasteiger partial charge in [-0.15, -0.1) is 0 Å². The Hall–Kier alpha value is -0.530. The summed E-state index contributed by atoms with van der Waals surface area (Å²) in [5, 5.41) is 12.3. The zero-order chi connectivity index (χ0) is 12.2. The van der Waals surface area contributed by atoms with Crippen LogP contribution >= 0.6 is 19.8 Å². The number of hydrogen-bond donors (Lipinski definition) is 0. The van der Waals surface area contributed by atoms with E-state index in [9.17, 15) is 11.3 Å². The number of nitrogens with zero attached hydrogens (tertiary/aromatic N) is 1. The van der Waals surface area contributed by atoms with Gasteiger partial charge in [-0.05, 0) is 12.5 Å². The fourth-order valence-corrected chi connectivity index (χ4v) is 3.19. The Bertz CT molecular complexity index is 419. The molecule has 1 aromatic rings. The van der Waals surface area contributed by atoms with E-state index in [0.29, 0.717) is 12.2 Å².